The summed E-state index contributed by atoms with van der Waals surface area (Å²) < 4.78 is 28.7. The summed E-state index contributed by atoms with van der Waals surface area (Å²) >= 11 is 0. The molecule has 3 heterocycles. The van der Waals surface area contributed by atoms with Gasteiger partial charge < -0.3 is 10.2 Å². The molecule has 156 valence electrons. The highest BCUT2D eigenvalue weighted by atomic mass is 32.2. The number of piperazine rings is 1. The fourth-order valence-electron chi connectivity index (χ4n) is 3.77. The molecule has 0 amide bonds. The molecule has 9 heteroatoms. The van der Waals surface area contributed by atoms with Crippen molar-refractivity contribution in [3.8, 4) is 0 Å². The Kier molecular flexibility index (Phi) is 5.71. The minimum absolute atomic E-state index is 0.475. The number of aromatic nitrogens is 2. The standard InChI is InChI=1S/C20H28N6O2S/c1-16-5-7-18(8-6-16)22-20-21-17(2)15-19(23-20)24-11-13-26(14-12-24)29(27,28)25-9-3-4-10-25/h5-8,15H,3-4,9-14H2,1-2H3,(H,21,22,23). The lowest BCUT2D eigenvalue weighted by Crippen LogP contribution is -2.52. The van der Waals surface area contributed by atoms with E-state index < -0.39 is 10.2 Å². The van der Waals surface area contributed by atoms with Crippen LogP contribution in [0.2, 0.25) is 0 Å². The lowest BCUT2D eigenvalue weighted by Gasteiger charge is -2.36. The van der Waals surface area contributed by atoms with E-state index in [1.54, 1.807) is 8.61 Å². The predicted octanol–water partition coefficient (Wildman–Crippen LogP) is 2.30. The molecule has 4 rings (SSSR count). The molecule has 0 bridgehead atoms. The van der Waals surface area contributed by atoms with Gasteiger partial charge in [-0.1, -0.05) is 17.7 Å². The zero-order valence-electron chi connectivity index (χ0n) is 17.0. The fourth-order valence-corrected chi connectivity index (χ4v) is 5.44. The van der Waals surface area contributed by atoms with Crippen LogP contribution in [0.3, 0.4) is 0 Å². The second-order valence-electron chi connectivity index (χ2n) is 7.68. The zero-order valence-corrected chi connectivity index (χ0v) is 17.8. The minimum atomic E-state index is -3.33. The first-order chi connectivity index (χ1) is 13.9. The van der Waals surface area contributed by atoms with Crippen LogP contribution in [0.4, 0.5) is 17.5 Å². The van der Waals surface area contributed by atoms with Crippen molar-refractivity contribution in [2.24, 2.45) is 0 Å². The summed E-state index contributed by atoms with van der Waals surface area (Å²) in [5, 5.41) is 3.26. The largest absolute Gasteiger partial charge is 0.354 e. The Morgan fingerprint density at radius 2 is 1.48 bits per heavy atom. The zero-order chi connectivity index (χ0) is 20.4. The summed E-state index contributed by atoms with van der Waals surface area (Å²) in [5.74, 6) is 1.38. The van der Waals surface area contributed by atoms with Crippen LogP contribution in [0, 0.1) is 13.8 Å². The molecule has 2 aliphatic rings. The highest BCUT2D eigenvalue weighted by Crippen LogP contribution is 2.22. The molecule has 2 fully saturated rings. The van der Waals surface area contributed by atoms with Gasteiger partial charge in [0, 0.05) is 56.7 Å². The Morgan fingerprint density at radius 1 is 0.862 bits per heavy atom. The molecule has 2 aromatic rings. The van der Waals surface area contributed by atoms with Crippen LogP contribution in [0.15, 0.2) is 30.3 Å². The highest BCUT2D eigenvalue weighted by molar-refractivity contribution is 7.86. The fraction of sp³-hybridized carbons (Fsp3) is 0.500. The van der Waals surface area contributed by atoms with E-state index in [1.807, 2.05) is 37.3 Å². The summed E-state index contributed by atoms with van der Waals surface area (Å²) in [6.45, 7) is 7.46. The van der Waals surface area contributed by atoms with Crippen LogP contribution in [-0.4, -0.2) is 66.3 Å². The van der Waals surface area contributed by atoms with E-state index in [0.717, 1.165) is 30.0 Å². The van der Waals surface area contributed by atoms with Crippen molar-refractivity contribution < 1.29 is 8.42 Å². The smallest absolute Gasteiger partial charge is 0.282 e. The third-order valence-electron chi connectivity index (χ3n) is 5.43. The molecule has 0 atom stereocenters. The first kappa shape index (κ1) is 20.1. The van der Waals surface area contributed by atoms with Crippen LogP contribution < -0.4 is 10.2 Å². The van der Waals surface area contributed by atoms with Gasteiger partial charge in [0.1, 0.15) is 5.82 Å². The number of hydrogen-bond acceptors (Lipinski definition) is 6. The summed E-state index contributed by atoms with van der Waals surface area (Å²) in [5.41, 5.74) is 3.01. The molecule has 29 heavy (non-hydrogen) atoms. The van der Waals surface area contributed by atoms with E-state index in [0.29, 0.717) is 45.2 Å². The van der Waals surface area contributed by atoms with Gasteiger partial charge in [-0.25, -0.2) is 4.98 Å². The van der Waals surface area contributed by atoms with E-state index >= 15 is 0 Å². The minimum Gasteiger partial charge on any atom is -0.354 e. The van der Waals surface area contributed by atoms with Crippen molar-refractivity contribution in [3.05, 3.63) is 41.6 Å². The van der Waals surface area contributed by atoms with Crippen LogP contribution in [0.5, 0.6) is 0 Å². The third-order valence-corrected chi connectivity index (χ3v) is 7.46. The van der Waals surface area contributed by atoms with Gasteiger partial charge in [-0.05, 0) is 38.8 Å². The maximum absolute atomic E-state index is 12.8. The summed E-state index contributed by atoms with van der Waals surface area (Å²) in [7, 11) is -3.33. The SMILES string of the molecule is Cc1ccc(Nc2nc(C)cc(N3CCN(S(=O)(=O)N4CCCC4)CC3)n2)cc1. The molecule has 0 saturated carbocycles. The quantitative estimate of drug-likeness (QED) is 0.806. The lowest BCUT2D eigenvalue weighted by atomic mass is 10.2. The van der Waals surface area contributed by atoms with Crippen molar-refractivity contribution >= 4 is 27.7 Å². The molecule has 0 unspecified atom stereocenters. The summed E-state index contributed by atoms with van der Waals surface area (Å²) in [6.07, 6.45) is 1.91. The highest BCUT2D eigenvalue weighted by Gasteiger charge is 2.34. The topological polar surface area (TPSA) is 81.7 Å². The predicted molar refractivity (Wildman–Crippen MR) is 115 cm³/mol. The van der Waals surface area contributed by atoms with E-state index in [2.05, 4.69) is 27.1 Å². The van der Waals surface area contributed by atoms with Gasteiger partial charge in [-0.2, -0.15) is 22.0 Å². The van der Waals surface area contributed by atoms with E-state index in [-0.39, 0.29) is 0 Å². The lowest BCUT2D eigenvalue weighted by molar-refractivity contribution is 0.343. The molecule has 1 N–H and O–H groups in total. The Balaban J connectivity index is 1.44. The number of rotatable bonds is 5. The Bertz CT molecular complexity index is 949. The monoisotopic (exact) mass is 416 g/mol. The molecule has 2 saturated heterocycles. The average Bonchev–Trinajstić information content (AvgIpc) is 3.25. The van der Waals surface area contributed by atoms with E-state index in [1.165, 1.54) is 5.56 Å². The van der Waals surface area contributed by atoms with Gasteiger partial charge in [0.15, 0.2) is 0 Å². The molecular formula is C20H28N6O2S. The number of aryl methyl sites for hydroxylation is 2. The summed E-state index contributed by atoms with van der Waals surface area (Å²) in [6, 6.07) is 10.0. The van der Waals surface area contributed by atoms with Crippen molar-refractivity contribution in [3.63, 3.8) is 0 Å². The number of nitrogens with zero attached hydrogens (tertiary/aromatic N) is 5. The van der Waals surface area contributed by atoms with Gasteiger partial charge in [0.25, 0.3) is 10.2 Å². The van der Waals surface area contributed by atoms with E-state index in [4.69, 9.17) is 0 Å². The number of hydrogen-bond donors (Lipinski definition) is 1. The van der Waals surface area contributed by atoms with Crippen molar-refractivity contribution in [2.75, 3.05) is 49.5 Å². The Morgan fingerprint density at radius 3 is 2.14 bits per heavy atom. The average molecular weight is 417 g/mol. The molecule has 0 spiro atoms. The molecule has 1 aromatic heterocycles. The van der Waals surface area contributed by atoms with Crippen LogP contribution in [-0.2, 0) is 10.2 Å². The normalized spacial score (nSPS) is 18.9. The van der Waals surface area contributed by atoms with Gasteiger partial charge in [-0.15, -0.1) is 0 Å². The number of anilines is 3. The van der Waals surface area contributed by atoms with Gasteiger partial charge >= 0.3 is 0 Å². The summed E-state index contributed by atoms with van der Waals surface area (Å²) in [4.78, 5) is 11.3. The second-order valence-corrected chi connectivity index (χ2v) is 9.61. The molecule has 2 aliphatic heterocycles. The maximum atomic E-state index is 12.8. The first-order valence-corrected chi connectivity index (χ1v) is 11.5. The third kappa shape index (κ3) is 4.52. The molecule has 8 nitrogen and oxygen atoms in total. The first-order valence-electron chi connectivity index (χ1n) is 10.1. The second kappa shape index (κ2) is 8.25. The van der Waals surface area contributed by atoms with Gasteiger partial charge in [0.2, 0.25) is 5.95 Å². The molecule has 0 radical (unpaired) electrons. The van der Waals surface area contributed by atoms with Crippen LogP contribution in [0.1, 0.15) is 24.1 Å². The maximum Gasteiger partial charge on any atom is 0.282 e. The van der Waals surface area contributed by atoms with E-state index in [9.17, 15) is 8.42 Å². The van der Waals surface area contributed by atoms with Crippen molar-refractivity contribution in [2.45, 2.75) is 26.7 Å². The number of benzene rings is 1. The molecule has 1 aromatic carbocycles. The van der Waals surface area contributed by atoms with Crippen LogP contribution >= 0.6 is 0 Å². The Labute approximate surface area is 172 Å². The van der Waals surface area contributed by atoms with Crippen molar-refractivity contribution in [1.29, 1.82) is 0 Å². The number of nitrogens with one attached hydrogen (secondary N) is 1. The van der Waals surface area contributed by atoms with Gasteiger partial charge in [-0.3, -0.25) is 0 Å². The molecule has 0 aliphatic carbocycles. The van der Waals surface area contributed by atoms with Crippen molar-refractivity contribution in [1.82, 2.24) is 18.6 Å². The molecular weight excluding hydrogens is 388 g/mol. The van der Waals surface area contributed by atoms with Gasteiger partial charge in [0.05, 0.1) is 0 Å². The van der Waals surface area contributed by atoms with Crippen LogP contribution in [0.25, 0.3) is 0 Å². The Hall–Kier alpha value is -2.23.